The van der Waals surface area contributed by atoms with Crippen molar-refractivity contribution in [2.24, 2.45) is 0 Å². The third-order valence-corrected chi connectivity index (χ3v) is 10.9. The van der Waals surface area contributed by atoms with Crippen LogP contribution in [0.2, 0.25) is 0 Å². The summed E-state index contributed by atoms with van der Waals surface area (Å²) >= 11 is 0. The Labute approximate surface area is 420 Å². The number of aliphatic hydroxyl groups excluding tert-OH is 2. The van der Waals surface area contributed by atoms with Gasteiger partial charge in [-0.3, -0.25) is 9.59 Å². The molecule has 0 aliphatic heterocycles. The van der Waals surface area contributed by atoms with Crippen LogP contribution in [-0.4, -0.2) is 31.7 Å². The van der Waals surface area contributed by atoms with Crippen molar-refractivity contribution in [3.05, 3.63) is 223 Å². The molecule has 0 amide bonds. The standard InChI is InChI=1S/2C21H24O2.C16H10N2.2Pt/c2*1-12-7-14(3)20(15(4)8-12)18(22)11-19(23)21-16(5)9-13(2)10-17(21)6;1-3-11-17-15(5-1)13-7-9-14(10-8-13)16-6-2-4-12-18-16;;/h2*7-11,22H,1-6H3;1-7,10-12H;;/q;;-2;;/b2*18-11-;;;. The van der Waals surface area contributed by atoms with Crippen molar-refractivity contribution in [2.45, 2.75) is 83.1 Å². The number of rotatable bonds is 8. The van der Waals surface area contributed by atoms with Crippen molar-refractivity contribution < 1.29 is 61.9 Å². The number of aryl methyl sites for hydroxylation is 12. The van der Waals surface area contributed by atoms with E-state index in [1.54, 1.807) is 12.4 Å². The first-order chi connectivity index (χ1) is 30.3. The second kappa shape index (κ2) is 24.6. The van der Waals surface area contributed by atoms with E-state index in [0.29, 0.717) is 11.1 Å². The van der Waals surface area contributed by atoms with Crippen LogP contribution < -0.4 is 0 Å². The molecule has 7 rings (SSSR count). The average molecular weight is 1240 g/mol. The van der Waals surface area contributed by atoms with E-state index in [4.69, 9.17) is 0 Å². The molecule has 66 heavy (non-hydrogen) atoms. The van der Waals surface area contributed by atoms with Gasteiger partial charge in [0.2, 0.25) is 0 Å². The van der Waals surface area contributed by atoms with Gasteiger partial charge in [0, 0.05) is 88.9 Å². The van der Waals surface area contributed by atoms with Gasteiger partial charge in [0.25, 0.3) is 0 Å². The maximum Gasteiger partial charge on any atom is 0.190 e. The molecule has 0 saturated carbocycles. The van der Waals surface area contributed by atoms with E-state index in [0.717, 1.165) is 100 Å². The van der Waals surface area contributed by atoms with Crippen molar-refractivity contribution in [2.75, 3.05) is 0 Å². The van der Waals surface area contributed by atoms with Crippen LogP contribution in [-0.2, 0) is 42.1 Å². The molecule has 346 valence electrons. The maximum atomic E-state index is 12.6. The fourth-order valence-corrected chi connectivity index (χ4v) is 8.57. The second-order valence-corrected chi connectivity index (χ2v) is 16.7. The first-order valence-electron chi connectivity index (χ1n) is 21.3. The molecule has 0 aliphatic carbocycles. The SMILES string of the molecule is Cc1cc(C)c(C(=O)/C=C(\O)c2c(C)cc(C)cc2C)c(C)c1.Cc1cc(C)c(C(=O)/C=C(\O)c2c(C)cc(C)cc2C)c(C)c1.[Pt].[Pt].[c-]1cc(-c2ccccn2)[c-]cc1-c1ccccn1. The van der Waals surface area contributed by atoms with E-state index in [1.807, 2.05) is 180 Å². The van der Waals surface area contributed by atoms with Crippen LogP contribution in [0.3, 0.4) is 0 Å². The zero-order valence-corrected chi connectivity index (χ0v) is 44.3. The van der Waals surface area contributed by atoms with Gasteiger partial charge in [-0.05, 0) is 140 Å². The quantitative estimate of drug-likeness (QED) is 0.0680. The number of ketones is 2. The van der Waals surface area contributed by atoms with Crippen molar-refractivity contribution in [3.63, 3.8) is 0 Å². The van der Waals surface area contributed by atoms with Gasteiger partial charge in [0.05, 0.1) is 0 Å². The van der Waals surface area contributed by atoms with Gasteiger partial charge in [0.1, 0.15) is 11.5 Å². The van der Waals surface area contributed by atoms with Crippen molar-refractivity contribution in [3.8, 4) is 22.5 Å². The Bertz CT molecular complexity index is 2590. The van der Waals surface area contributed by atoms with Crippen LogP contribution in [0, 0.1) is 95.2 Å². The molecule has 0 aliphatic rings. The van der Waals surface area contributed by atoms with Crippen molar-refractivity contribution in [1.29, 1.82) is 0 Å². The molecule has 7 aromatic rings. The molecule has 2 heterocycles. The molecule has 0 saturated heterocycles. The Hall–Kier alpha value is -5.80. The smallest absolute Gasteiger partial charge is 0.190 e. The Kier molecular flexibility index (Phi) is 20.4. The Morgan fingerprint density at radius 2 is 0.682 bits per heavy atom. The molecule has 0 radical (unpaired) electrons. The van der Waals surface area contributed by atoms with Crippen LogP contribution >= 0.6 is 0 Å². The third-order valence-electron chi connectivity index (χ3n) is 10.9. The predicted molar refractivity (Wildman–Crippen MR) is 263 cm³/mol. The molecule has 0 bridgehead atoms. The minimum absolute atomic E-state index is 0. The Morgan fingerprint density at radius 1 is 0.424 bits per heavy atom. The topological polar surface area (TPSA) is 100 Å². The van der Waals surface area contributed by atoms with Gasteiger partial charge in [-0.15, -0.1) is 0 Å². The summed E-state index contributed by atoms with van der Waals surface area (Å²) in [5, 5.41) is 21.0. The molecule has 0 unspecified atom stereocenters. The summed E-state index contributed by atoms with van der Waals surface area (Å²) in [6, 6.07) is 37.9. The van der Waals surface area contributed by atoms with Crippen LogP contribution in [0.15, 0.2) is 122 Å². The maximum absolute atomic E-state index is 12.6. The molecule has 5 aromatic carbocycles. The largest absolute Gasteiger partial charge is 0.507 e. The summed E-state index contributed by atoms with van der Waals surface area (Å²) in [7, 11) is 0. The Morgan fingerprint density at radius 3 is 0.909 bits per heavy atom. The van der Waals surface area contributed by atoms with Gasteiger partial charge in [-0.25, -0.2) is 35.4 Å². The van der Waals surface area contributed by atoms with Crippen molar-refractivity contribution in [1.82, 2.24) is 9.97 Å². The number of carbonyl (C=O) groups is 2. The van der Waals surface area contributed by atoms with E-state index in [2.05, 4.69) is 22.1 Å². The van der Waals surface area contributed by atoms with Crippen LogP contribution in [0.4, 0.5) is 0 Å². The summed E-state index contributed by atoms with van der Waals surface area (Å²) in [5.74, 6) is -0.248. The number of benzene rings is 5. The number of pyridine rings is 2. The summed E-state index contributed by atoms with van der Waals surface area (Å²) in [6.45, 7) is 23.6. The molecule has 6 nitrogen and oxygen atoms in total. The zero-order chi connectivity index (χ0) is 46.8. The molecule has 0 fully saturated rings. The first kappa shape index (κ1) is 54.5. The van der Waals surface area contributed by atoms with Gasteiger partial charge in [-0.2, -0.15) is 0 Å². The summed E-state index contributed by atoms with van der Waals surface area (Å²) in [6.07, 6.45) is 6.23. The van der Waals surface area contributed by atoms with Gasteiger partial charge in [0.15, 0.2) is 11.6 Å². The minimum atomic E-state index is -0.156. The summed E-state index contributed by atoms with van der Waals surface area (Å²) in [4.78, 5) is 33.8. The number of allylic oxidation sites excluding steroid dienone is 2. The average Bonchev–Trinajstić information content (AvgIpc) is 3.20. The number of hydrogen-bond donors (Lipinski definition) is 2. The number of aromatic nitrogens is 2. The minimum Gasteiger partial charge on any atom is -0.507 e. The molecule has 8 heteroatoms. The molecule has 2 N–H and O–H groups in total. The fraction of sp³-hybridized carbons (Fsp3) is 0.207. The molecule has 0 spiro atoms. The van der Waals surface area contributed by atoms with Crippen LogP contribution in [0.5, 0.6) is 0 Å². The number of nitrogens with zero attached hydrogens (tertiary/aromatic N) is 2. The van der Waals surface area contributed by atoms with Crippen molar-refractivity contribution >= 4 is 23.1 Å². The summed E-state index contributed by atoms with van der Waals surface area (Å²) in [5.41, 5.74) is 18.7. The number of aliphatic hydroxyl groups is 2. The van der Waals surface area contributed by atoms with Gasteiger partial charge >= 0.3 is 0 Å². The van der Waals surface area contributed by atoms with E-state index < -0.39 is 0 Å². The van der Waals surface area contributed by atoms with E-state index in [-0.39, 0.29) is 65.2 Å². The third kappa shape index (κ3) is 14.1. The second-order valence-electron chi connectivity index (χ2n) is 16.7. The zero-order valence-electron chi connectivity index (χ0n) is 39.8. The van der Waals surface area contributed by atoms with Crippen LogP contribution in [0.1, 0.15) is 98.6 Å². The van der Waals surface area contributed by atoms with E-state index in [9.17, 15) is 19.8 Å². The van der Waals surface area contributed by atoms with Gasteiger partial charge in [-0.1, -0.05) is 106 Å². The predicted octanol–water partition coefficient (Wildman–Crippen LogP) is 14.0. The molecular formula is C58H58N2O4Pt2-2. The van der Waals surface area contributed by atoms with Gasteiger partial charge < -0.3 is 20.2 Å². The summed E-state index contributed by atoms with van der Waals surface area (Å²) < 4.78 is 0. The Balaban J connectivity index is 0.000000261. The molecule has 0 atom stereocenters. The molecule has 2 aromatic heterocycles. The monoisotopic (exact) mass is 1240 g/mol. The van der Waals surface area contributed by atoms with E-state index >= 15 is 0 Å². The molecular weight excluding hydrogens is 1180 g/mol. The first-order valence-corrected chi connectivity index (χ1v) is 21.3. The van der Waals surface area contributed by atoms with Crippen LogP contribution in [0.25, 0.3) is 34.0 Å². The number of carbonyl (C=O) groups excluding carboxylic acids is 2. The fourth-order valence-electron chi connectivity index (χ4n) is 8.57. The van der Waals surface area contributed by atoms with E-state index in [1.165, 1.54) is 12.2 Å². The number of hydrogen-bond acceptors (Lipinski definition) is 6. The normalized spacial score (nSPS) is 10.9.